The summed E-state index contributed by atoms with van der Waals surface area (Å²) < 4.78 is 1.98. The molecule has 1 fully saturated rings. The molecule has 0 N–H and O–H groups in total. The summed E-state index contributed by atoms with van der Waals surface area (Å²) in [6.45, 7) is 2.57. The van der Waals surface area contributed by atoms with Gasteiger partial charge in [-0.15, -0.1) is 0 Å². The Balaban J connectivity index is 1.74. The van der Waals surface area contributed by atoms with E-state index in [1.807, 2.05) is 49.3 Å². The van der Waals surface area contributed by atoms with Crippen LogP contribution in [0.2, 0.25) is 0 Å². The Morgan fingerprint density at radius 3 is 2.61 bits per heavy atom. The number of carbonyl (C=O) groups excluding carboxylic acids is 1. The van der Waals surface area contributed by atoms with Gasteiger partial charge in [-0.05, 0) is 25.0 Å². The van der Waals surface area contributed by atoms with Gasteiger partial charge in [0, 0.05) is 52.3 Å². The number of hydrogen-bond acceptors (Lipinski definition) is 4. The van der Waals surface area contributed by atoms with E-state index in [0.717, 1.165) is 38.2 Å². The van der Waals surface area contributed by atoms with E-state index >= 15 is 0 Å². The molecular weight excluding hydrogens is 290 g/mol. The molecule has 0 unspecified atom stereocenters. The topological polar surface area (TPSA) is 54.3 Å². The molecular formula is C17H23N5O. The van der Waals surface area contributed by atoms with Gasteiger partial charge in [-0.2, -0.15) is 0 Å². The summed E-state index contributed by atoms with van der Waals surface area (Å²) in [7, 11) is 3.64. The van der Waals surface area contributed by atoms with E-state index in [0.29, 0.717) is 0 Å². The number of aromatic nitrogens is 3. The van der Waals surface area contributed by atoms with Crippen molar-refractivity contribution in [2.45, 2.75) is 24.9 Å². The van der Waals surface area contributed by atoms with Gasteiger partial charge >= 0.3 is 0 Å². The van der Waals surface area contributed by atoms with Gasteiger partial charge in [0.2, 0.25) is 5.91 Å². The van der Waals surface area contributed by atoms with Crippen molar-refractivity contribution in [2.75, 3.05) is 27.2 Å². The second kappa shape index (κ2) is 6.50. The van der Waals surface area contributed by atoms with Crippen LogP contribution in [0.15, 0.2) is 43.1 Å². The average Bonchev–Trinajstić information content (AvgIpc) is 3.11. The molecule has 0 spiro atoms. The Morgan fingerprint density at radius 2 is 2.04 bits per heavy atom. The lowest BCUT2D eigenvalue weighted by Crippen LogP contribution is -2.54. The molecule has 0 atom stereocenters. The SMILES string of the molecule is CN(C)C(=O)C1(n2ccnc2)CCN(Cc2ccccn2)CC1. The number of carbonyl (C=O) groups is 1. The fraction of sp³-hybridized carbons (Fsp3) is 0.471. The van der Waals surface area contributed by atoms with Crippen LogP contribution in [0.4, 0.5) is 0 Å². The van der Waals surface area contributed by atoms with Crippen molar-refractivity contribution in [2.24, 2.45) is 0 Å². The first-order chi connectivity index (χ1) is 11.1. The molecule has 6 nitrogen and oxygen atoms in total. The summed E-state index contributed by atoms with van der Waals surface area (Å²) in [4.78, 5) is 25.4. The van der Waals surface area contributed by atoms with E-state index in [1.54, 1.807) is 17.4 Å². The zero-order valence-electron chi connectivity index (χ0n) is 13.7. The van der Waals surface area contributed by atoms with Crippen LogP contribution in [0, 0.1) is 0 Å². The number of nitrogens with zero attached hydrogens (tertiary/aromatic N) is 5. The maximum Gasteiger partial charge on any atom is 0.248 e. The molecule has 6 heteroatoms. The summed E-state index contributed by atoms with van der Waals surface area (Å²) in [6, 6.07) is 5.99. The van der Waals surface area contributed by atoms with E-state index in [-0.39, 0.29) is 5.91 Å². The first-order valence-electron chi connectivity index (χ1n) is 7.94. The van der Waals surface area contributed by atoms with Crippen LogP contribution < -0.4 is 0 Å². The first-order valence-corrected chi connectivity index (χ1v) is 7.94. The third-order valence-corrected chi connectivity index (χ3v) is 4.60. The smallest absolute Gasteiger partial charge is 0.248 e. The van der Waals surface area contributed by atoms with E-state index in [9.17, 15) is 4.79 Å². The van der Waals surface area contributed by atoms with Crippen LogP contribution in [0.25, 0.3) is 0 Å². The lowest BCUT2D eigenvalue weighted by atomic mass is 9.85. The summed E-state index contributed by atoms with van der Waals surface area (Å²) >= 11 is 0. The molecule has 1 amide bonds. The van der Waals surface area contributed by atoms with E-state index < -0.39 is 5.54 Å². The summed E-state index contributed by atoms with van der Waals surface area (Å²) in [5, 5.41) is 0. The Bertz CT molecular complexity index is 630. The molecule has 0 saturated carbocycles. The van der Waals surface area contributed by atoms with E-state index in [2.05, 4.69) is 14.9 Å². The molecule has 1 saturated heterocycles. The Morgan fingerprint density at radius 1 is 1.26 bits per heavy atom. The fourth-order valence-electron chi connectivity index (χ4n) is 3.31. The predicted octanol–water partition coefficient (Wildman–Crippen LogP) is 1.36. The van der Waals surface area contributed by atoms with Crippen molar-refractivity contribution < 1.29 is 4.79 Å². The maximum absolute atomic E-state index is 12.8. The van der Waals surface area contributed by atoms with Crippen molar-refractivity contribution in [1.82, 2.24) is 24.3 Å². The molecule has 122 valence electrons. The van der Waals surface area contributed by atoms with Gasteiger partial charge in [0.1, 0.15) is 5.54 Å². The standard InChI is InChI=1S/C17H23N5O/c1-20(2)16(23)17(22-12-9-18-14-22)6-10-21(11-7-17)13-15-5-3-4-8-19-15/h3-5,8-9,12,14H,6-7,10-11,13H2,1-2H3. The molecule has 1 aliphatic rings. The number of piperidine rings is 1. The molecule has 0 aromatic carbocycles. The maximum atomic E-state index is 12.8. The number of likely N-dealkylation sites (N-methyl/N-ethyl adjacent to an activating group) is 1. The predicted molar refractivity (Wildman–Crippen MR) is 87.6 cm³/mol. The van der Waals surface area contributed by atoms with Gasteiger partial charge in [-0.1, -0.05) is 6.07 Å². The van der Waals surface area contributed by atoms with Gasteiger partial charge < -0.3 is 9.47 Å². The number of likely N-dealkylation sites (tertiary alicyclic amines) is 1. The molecule has 0 aliphatic carbocycles. The lowest BCUT2D eigenvalue weighted by molar-refractivity contribution is -0.141. The Hall–Kier alpha value is -2.21. The summed E-state index contributed by atoms with van der Waals surface area (Å²) in [5.74, 6) is 0.146. The minimum atomic E-state index is -0.513. The normalized spacial score (nSPS) is 17.8. The van der Waals surface area contributed by atoms with Gasteiger partial charge in [0.05, 0.1) is 12.0 Å². The van der Waals surface area contributed by atoms with Crippen LogP contribution in [0.1, 0.15) is 18.5 Å². The molecule has 3 rings (SSSR count). The van der Waals surface area contributed by atoms with Gasteiger partial charge in [0.15, 0.2) is 0 Å². The Labute approximate surface area is 136 Å². The third-order valence-electron chi connectivity index (χ3n) is 4.60. The largest absolute Gasteiger partial charge is 0.347 e. The van der Waals surface area contributed by atoms with Crippen molar-refractivity contribution in [3.05, 3.63) is 48.8 Å². The lowest BCUT2D eigenvalue weighted by Gasteiger charge is -2.42. The number of hydrogen-bond donors (Lipinski definition) is 0. The van der Waals surface area contributed by atoms with Crippen LogP contribution in [-0.2, 0) is 16.9 Å². The van der Waals surface area contributed by atoms with E-state index in [1.165, 1.54) is 0 Å². The van der Waals surface area contributed by atoms with Gasteiger partial charge in [0.25, 0.3) is 0 Å². The average molecular weight is 313 g/mol. The number of pyridine rings is 1. The second-order valence-corrected chi connectivity index (χ2v) is 6.30. The van der Waals surface area contributed by atoms with Gasteiger partial charge in [-0.25, -0.2) is 4.98 Å². The highest BCUT2D eigenvalue weighted by Gasteiger charge is 2.43. The Kier molecular flexibility index (Phi) is 4.43. The zero-order chi connectivity index (χ0) is 16.3. The second-order valence-electron chi connectivity index (χ2n) is 6.30. The zero-order valence-corrected chi connectivity index (χ0v) is 13.7. The fourth-order valence-corrected chi connectivity index (χ4v) is 3.31. The number of amides is 1. The highest BCUT2D eigenvalue weighted by Crippen LogP contribution is 2.32. The molecule has 3 heterocycles. The van der Waals surface area contributed by atoms with Crippen molar-refractivity contribution in [3.63, 3.8) is 0 Å². The molecule has 2 aromatic heterocycles. The highest BCUT2D eigenvalue weighted by atomic mass is 16.2. The van der Waals surface area contributed by atoms with Gasteiger partial charge in [-0.3, -0.25) is 14.7 Å². The number of rotatable bonds is 4. The first kappa shape index (κ1) is 15.7. The van der Waals surface area contributed by atoms with Crippen LogP contribution in [-0.4, -0.2) is 57.4 Å². The highest BCUT2D eigenvalue weighted by molar-refractivity contribution is 5.84. The van der Waals surface area contributed by atoms with Crippen molar-refractivity contribution >= 4 is 5.91 Å². The van der Waals surface area contributed by atoms with Crippen LogP contribution in [0.5, 0.6) is 0 Å². The summed E-state index contributed by atoms with van der Waals surface area (Å²) in [6.07, 6.45) is 8.79. The van der Waals surface area contributed by atoms with Crippen LogP contribution in [0.3, 0.4) is 0 Å². The molecule has 2 aromatic rings. The number of imidazole rings is 1. The molecule has 0 radical (unpaired) electrons. The van der Waals surface area contributed by atoms with Crippen molar-refractivity contribution in [3.8, 4) is 0 Å². The quantitative estimate of drug-likeness (QED) is 0.855. The van der Waals surface area contributed by atoms with E-state index in [4.69, 9.17) is 0 Å². The summed E-state index contributed by atoms with van der Waals surface area (Å²) in [5.41, 5.74) is 0.558. The minimum Gasteiger partial charge on any atom is -0.347 e. The molecule has 0 bridgehead atoms. The minimum absolute atomic E-state index is 0.146. The third kappa shape index (κ3) is 3.12. The van der Waals surface area contributed by atoms with Crippen LogP contribution >= 0.6 is 0 Å². The molecule has 23 heavy (non-hydrogen) atoms. The monoisotopic (exact) mass is 313 g/mol. The molecule has 1 aliphatic heterocycles. The van der Waals surface area contributed by atoms with Crippen molar-refractivity contribution in [1.29, 1.82) is 0 Å².